The maximum atomic E-state index is 11.5. The van der Waals surface area contributed by atoms with Crippen LogP contribution in [-0.2, 0) is 10.0 Å². The number of ether oxygens (including phenoxy) is 1. The molecule has 0 aliphatic heterocycles. The highest BCUT2D eigenvalue weighted by molar-refractivity contribution is 7.89. The van der Waals surface area contributed by atoms with Gasteiger partial charge in [-0.1, -0.05) is 20.8 Å². The van der Waals surface area contributed by atoms with Gasteiger partial charge in [-0.3, -0.25) is 10.1 Å². The van der Waals surface area contributed by atoms with Gasteiger partial charge in [-0.05, 0) is 17.9 Å². The number of non-ortho nitro benzene ring substituents is 1. The van der Waals surface area contributed by atoms with Crippen LogP contribution in [0.2, 0.25) is 0 Å². The molecule has 0 unspecified atom stereocenters. The first-order chi connectivity index (χ1) is 9.00. The van der Waals surface area contributed by atoms with Crippen molar-refractivity contribution in [1.29, 1.82) is 0 Å². The van der Waals surface area contributed by atoms with Gasteiger partial charge in [-0.2, -0.15) is 0 Å². The number of nitrogens with zero attached hydrogens (tertiary/aromatic N) is 1. The molecule has 1 aromatic rings. The Morgan fingerprint density at radius 2 is 1.95 bits per heavy atom. The van der Waals surface area contributed by atoms with Crippen molar-refractivity contribution in [1.82, 2.24) is 0 Å². The normalized spacial score (nSPS) is 12.2. The molecule has 8 heteroatoms. The zero-order valence-electron chi connectivity index (χ0n) is 11.6. The molecule has 0 fully saturated rings. The van der Waals surface area contributed by atoms with Gasteiger partial charge < -0.3 is 4.74 Å². The van der Waals surface area contributed by atoms with E-state index in [2.05, 4.69) is 0 Å². The summed E-state index contributed by atoms with van der Waals surface area (Å²) in [4.78, 5) is 9.60. The number of nitrogens with two attached hydrogens (primary N) is 1. The number of sulfonamides is 1. The van der Waals surface area contributed by atoms with Crippen molar-refractivity contribution in [3.63, 3.8) is 0 Å². The fourth-order valence-corrected chi connectivity index (χ4v) is 2.11. The molecule has 1 aromatic carbocycles. The van der Waals surface area contributed by atoms with Gasteiger partial charge in [0.1, 0.15) is 10.6 Å². The monoisotopic (exact) mass is 302 g/mol. The second kappa shape index (κ2) is 5.76. The van der Waals surface area contributed by atoms with Crippen LogP contribution >= 0.6 is 0 Å². The van der Waals surface area contributed by atoms with E-state index >= 15 is 0 Å². The number of hydrogen-bond donors (Lipinski definition) is 1. The van der Waals surface area contributed by atoms with E-state index in [4.69, 9.17) is 9.88 Å². The molecule has 0 saturated carbocycles. The molecule has 0 aromatic heterocycles. The lowest BCUT2D eigenvalue weighted by Crippen LogP contribution is -2.16. The molecule has 0 amide bonds. The second-order valence-corrected chi connectivity index (χ2v) is 7.12. The highest BCUT2D eigenvalue weighted by Crippen LogP contribution is 2.28. The van der Waals surface area contributed by atoms with Crippen molar-refractivity contribution in [3.8, 4) is 5.75 Å². The van der Waals surface area contributed by atoms with Crippen molar-refractivity contribution in [2.45, 2.75) is 32.1 Å². The highest BCUT2D eigenvalue weighted by Gasteiger charge is 2.20. The van der Waals surface area contributed by atoms with Gasteiger partial charge in [0.05, 0.1) is 11.5 Å². The zero-order valence-corrected chi connectivity index (χ0v) is 12.4. The van der Waals surface area contributed by atoms with Gasteiger partial charge in [0.25, 0.3) is 5.69 Å². The lowest BCUT2D eigenvalue weighted by atomic mass is 9.93. The smallest absolute Gasteiger partial charge is 0.271 e. The highest BCUT2D eigenvalue weighted by atomic mass is 32.2. The topological polar surface area (TPSA) is 113 Å². The van der Waals surface area contributed by atoms with E-state index in [1.54, 1.807) is 0 Å². The minimum absolute atomic E-state index is 0.0300. The molecule has 0 aliphatic carbocycles. The van der Waals surface area contributed by atoms with Crippen LogP contribution in [0.25, 0.3) is 0 Å². The molecular weight excluding hydrogens is 284 g/mol. The Morgan fingerprint density at radius 1 is 1.35 bits per heavy atom. The molecule has 1 rings (SSSR count). The molecule has 7 nitrogen and oxygen atoms in total. The van der Waals surface area contributed by atoms with Crippen LogP contribution in [0.1, 0.15) is 27.2 Å². The number of primary sulfonamides is 1. The second-order valence-electron chi connectivity index (χ2n) is 5.59. The summed E-state index contributed by atoms with van der Waals surface area (Å²) < 4.78 is 28.3. The summed E-state index contributed by atoms with van der Waals surface area (Å²) in [5.74, 6) is 0.0300. The van der Waals surface area contributed by atoms with Gasteiger partial charge >= 0.3 is 0 Å². The van der Waals surface area contributed by atoms with Crippen LogP contribution in [0.15, 0.2) is 23.1 Å². The lowest BCUT2D eigenvalue weighted by molar-refractivity contribution is -0.385. The van der Waals surface area contributed by atoms with Gasteiger partial charge in [0.15, 0.2) is 0 Å². The molecule has 0 saturated heterocycles. The Labute approximate surface area is 117 Å². The van der Waals surface area contributed by atoms with E-state index in [1.807, 2.05) is 20.8 Å². The summed E-state index contributed by atoms with van der Waals surface area (Å²) in [7, 11) is -4.08. The molecule has 20 heavy (non-hydrogen) atoms. The quantitative estimate of drug-likeness (QED) is 0.660. The molecule has 0 radical (unpaired) electrons. The van der Waals surface area contributed by atoms with E-state index in [-0.39, 0.29) is 21.7 Å². The van der Waals surface area contributed by atoms with Crippen molar-refractivity contribution >= 4 is 15.7 Å². The lowest BCUT2D eigenvalue weighted by Gasteiger charge is -2.18. The van der Waals surface area contributed by atoms with Crippen molar-refractivity contribution < 1.29 is 18.1 Å². The first-order valence-electron chi connectivity index (χ1n) is 5.95. The number of rotatable bonds is 5. The summed E-state index contributed by atoms with van der Waals surface area (Å²) >= 11 is 0. The molecule has 0 aliphatic rings. The number of nitro benzene ring substituents is 1. The Morgan fingerprint density at radius 3 is 2.40 bits per heavy atom. The molecule has 0 atom stereocenters. The van der Waals surface area contributed by atoms with Crippen LogP contribution in [-0.4, -0.2) is 19.9 Å². The third kappa shape index (κ3) is 4.78. The van der Waals surface area contributed by atoms with Crippen molar-refractivity contribution in [2.24, 2.45) is 10.6 Å². The Bertz CT molecular complexity index is 605. The Hall–Kier alpha value is -1.67. The van der Waals surface area contributed by atoms with Crippen LogP contribution < -0.4 is 9.88 Å². The number of hydrogen-bond acceptors (Lipinski definition) is 5. The third-order valence-corrected chi connectivity index (χ3v) is 3.49. The van der Waals surface area contributed by atoms with Gasteiger partial charge in [-0.15, -0.1) is 0 Å². The summed E-state index contributed by atoms with van der Waals surface area (Å²) in [5, 5.41) is 15.7. The standard InChI is InChI=1S/C12H18N2O5S/c1-12(2,3)6-7-19-10-5-4-9(14(15)16)8-11(10)20(13,17)18/h4-5,8H,6-7H2,1-3H3,(H2,13,17,18). The predicted molar refractivity (Wildman–Crippen MR) is 74.0 cm³/mol. The van der Waals surface area contributed by atoms with E-state index in [0.717, 1.165) is 6.07 Å². The average Bonchev–Trinajstić information content (AvgIpc) is 2.25. The molecule has 0 heterocycles. The molecule has 0 bridgehead atoms. The summed E-state index contributed by atoms with van der Waals surface area (Å²) in [5.41, 5.74) is -0.320. The van der Waals surface area contributed by atoms with Crippen LogP contribution in [0.3, 0.4) is 0 Å². The Balaban J connectivity index is 3.04. The summed E-state index contributed by atoms with van der Waals surface area (Å²) in [6.45, 7) is 6.36. The maximum Gasteiger partial charge on any atom is 0.271 e. The van der Waals surface area contributed by atoms with Crippen molar-refractivity contribution in [2.75, 3.05) is 6.61 Å². The summed E-state index contributed by atoms with van der Waals surface area (Å²) in [6.07, 6.45) is 0.702. The van der Waals surface area contributed by atoms with Crippen molar-refractivity contribution in [3.05, 3.63) is 28.3 Å². The van der Waals surface area contributed by atoms with Crippen LogP contribution in [0, 0.1) is 15.5 Å². The molecule has 112 valence electrons. The van der Waals surface area contributed by atoms with Gasteiger partial charge in [0, 0.05) is 12.1 Å². The maximum absolute atomic E-state index is 11.5. The average molecular weight is 302 g/mol. The van der Waals surface area contributed by atoms with E-state index in [1.165, 1.54) is 12.1 Å². The van der Waals surface area contributed by atoms with E-state index in [9.17, 15) is 18.5 Å². The number of nitro groups is 1. The first-order valence-corrected chi connectivity index (χ1v) is 7.49. The predicted octanol–water partition coefficient (Wildman–Crippen LogP) is 2.06. The fraction of sp³-hybridized carbons (Fsp3) is 0.500. The first kappa shape index (κ1) is 16.4. The summed E-state index contributed by atoms with van der Waals surface area (Å²) in [6, 6.07) is 3.34. The van der Waals surface area contributed by atoms with Gasteiger partial charge in [-0.25, -0.2) is 13.6 Å². The molecule has 0 spiro atoms. The van der Waals surface area contributed by atoms with Gasteiger partial charge in [0.2, 0.25) is 10.0 Å². The largest absolute Gasteiger partial charge is 0.492 e. The van der Waals surface area contributed by atoms with Crippen LogP contribution in [0.4, 0.5) is 5.69 Å². The number of benzene rings is 1. The minimum Gasteiger partial charge on any atom is -0.492 e. The van der Waals surface area contributed by atoms with Crippen LogP contribution in [0.5, 0.6) is 5.75 Å². The SMILES string of the molecule is CC(C)(C)CCOc1ccc([N+](=O)[O-])cc1S(N)(=O)=O. The Kier molecular flexibility index (Phi) is 4.72. The molecular formula is C12H18N2O5S. The third-order valence-electron chi connectivity index (χ3n) is 2.55. The van der Waals surface area contributed by atoms with E-state index < -0.39 is 14.9 Å². The molecule has 2 N–H and O–H groups in total. The fourth-order valence-electron chi connectivity index (χ4n) is 1.42. The van der Waals surface area contributed by atoms with E-state index in [0.29, 0.717) is 13.0 Å². The minimum atomic E-state index is -4.08. The zero-order chi connectivity index (χ0) is 15.6.